The molecule has 1 aromatic carbocycles. The monoisotopic (exact) mass is 439 g/mol. The summed E-state index contributed by atoms with van der Waals surface area (Å²) < 4.78 is 27.7. The van der Waals surface area contributed by atoms with Crippen molar-refractivity contribution >= 4 is 39.0 Å². The van der Waals surface area contributed by atoms with Crippen molar-refractivity contribution in [1.29, 1.82) is 0 Å². The molecule has 0 spiro atoms. The lowest BCUT2D eigenvalue weighted by Crippen LogP contribution is -2.47. The van der Waals surface area contributed by atoms with Crippen molar-refractivity contribution in [2.45, 2.75) is 29.6 Å². The first-order chi connectivity index (χ1) is 13.4. The molecule has 0 N–H and O–H groups in total. The number of nitrogens with zero attached hydrogens (tertiary/aromatic N) is 3. The van der Waals surface area contributed by atoms with Crippen molar-refractivity contribution in [1.82, 2.24) is 14.1 Å². The van der Waals surface area contributed by atoms with Gasteiger partial charge in [0.05, 0.1) is 4.34 Å². The van der Waals surface area contributed by atoms with Gasteiger partial charge in [0.25, 0.3) is 10.0 Å². The van der Waals surface area contributed by atoms with Crippen LogP contribution in [0, 0.1) is 0 Å². The van der Waals surface area contributed by atoms with Gasteiger partial charge < -0.3 is 9.80 Å². The molecule has 3 heterocycles. The molecule has 2 saturated heterocycles. The second kappa shape index (κ2) is 8.02. The molecule has 0 saturated carbocycles. The zero-order valence-electron chi connectivity index (χ0n) is 15.3. The minimum atomic E-state index is -3.50. The van der Waals surface area contributed by atoms with E-state index in [2.05, 4.69) is 0 Å². The Labute approximate surface area is 174 Å². The molecule has 0 aliphatic carbocycles. The summed E-state index contributed by atoms with van der Waals surface area (Å²) in [6.07, 6.45) is 1.31. The largest absolute Gasteiger partial charge is 0.320 e. The van der Waals surface area contributed by atoms with E-state index in [9.17, 15) is 13.2 Å². The van der Waals surface area contributed by atoms with Crippen LogP contribution < -0.4 is 0 Å². The average molecular weight is 440 g/mol. The fraction of sp³-hybridized carbons (Fsp3) is 0.421. The summed E-state index contributed by atoms with van der Waals surface area (Å²) in [7, 11) is -3.50. The lowest BCUT2D eigenvalue weighted by Gasteiger charge is -2.35. The van der Waals surface area contributed by atoms with Gasteiger partial charge in [-0.2, -0.15) is 4.31 Å². The van der Waals surface area contributed by atoms with Gasteiger partial charge in [0, 0.05) is 38.8 Å². The van der Waals surface area contributed by atoms with E-state index in [1.54, 1.807) is 12.1 Å². The van der Waals surface area contributed by atoms with Crippen LogP contribution >= 0.6 is 22.9 Å². The van der Waals surface area contributed by atoms with Gasteiger partial charge in [-0.15, -0.1) is 11.3 Å². The molecule has 2 aliphatic heterocycles. The molecule has 150 valence electrons. The van der Waals surface area contributed by atoms with E-state index < -0.39 is 10.0 Å². The Morgan fingerprint density at radius 3 is 2.36 bits per heavy atom. The molecular weight excluding hydrogens is 418 g/mol. The summed E-state index contributed by atoms with van der Waals surface area (Å²) in [6.45, 7) is 2.86. The Morgan fingerprint density at radius 2 is 1.71 bits per heavy atom. The molecule has 0 bridgehead atoms. The van der Waals surface area contributed by atoms with Gasteiger partial charge in [-0.3, -0.25) is 0 Å². The van der Waals surface area contributed by atoms with Crippen LogP contribution in [0.1, 0.15) is 18.4 Å². The Kier molecular flexibility index (Phi) is 5.64. The first kappa shape index (κ1) is 19.7. The Bertz CT molecular complexity index is 940. The highest BCUT2D eigenvalue weighted by molar-refractivity contribution is 7.91. The smallest absolute Gasteiger partial charge is 0.320 e. The summed E-state index contributed by atoms with van der Waals surface area (Å²) in [4.78, 5) is 16.6. The second-order valence-electron chi connectivity index (χ2n) is 7.08. The molecule has 2 amide bonds. The topological polar surface area (TPSA) is 60.9 Å². The van der Waals surface area contributed by atoms with E-state index in [0.29, 0.717) is 49.9 Å². The molecule has 6 nitrogen and oxygen atoms in total. The van der Waals surface area contributed by atoms with E-state index in [1.807, 2.05) is 40.1 Å². The summed E-state index contributed by atoms with van der Waals surface area (Å²) in [5.41, 5.74) is 1.12. The van der Waals surface area contributed by atoms with Crippen LogP contribution in [0.2, 0.25) is 4.34 Å². The number of hydrogen-bond acceptors (Lipinski definition) is 4. The molecule has 9 heteroatoms. The normalized spacial score (nSPS) is 19.5. The number of amides is 2. The minimum Gasteiger partial charge on any atom is -0.320 e. The molecule has 0 unspecified atom stereocenters. The Hall–Kier alpha value is -1.61. The molecule has 4 rings (SSSR count). The Balaban J connectivity index is 1.36. The van der Waals surface area contributed by atoms with Crippen molar-refractivity contribution in [2.75, 3.05) is 26.2 Å². The third-order valence-electron chi connectivity index (χ3n) is 5.35. The number of halogens is 1. The average Bonchev–Trinajstić information content (AvgIpc) is 3.30. The van der Waals surface area contributed by atoms with Gasteiger partial charge >= 0.3 is 6.03 Å². The molecule has 2 aliphatic rings. The predicted octanol–water partition coefficient (Wildman–Crippen LogP) is 3.49. The lowest BCUT2D eigenvalue weighted by atomic mass is 10.1. The van der Waals surface area contributed by atoms with E-state index in [0.717, 1.165) is 16.9 Å². The van der Waals surface area contributed by atoms with Crippen molar-refractivity contribution in [3.05, 3.63) is 52.4 Å². The van der Waals surface area contributed by atoms with Gasteiger partial charge in [0.1, 0.15) is 4.21 Å². The van der Waals surface area contributed by atoms with Crippen molar-refractivity contribution in [3.63, 3.8) is 0 Å². The highest BCUT2D eigenvalue weighted by Crippen LogP contribution is 2.31. The molecule has 0 radical (unpaired) electrons. The molecule has 0 atom stereocenters. The van der Waals surface area contributed by atoms with Crippen LogP contribution in [0.15, 0.2) is 46.7 Å². The van der Waals surface area contributed by atoms with Crippen molar-refractivity contribution in [2.24, 2.45) is 0 Å². The predicted molar refractivity (Wildman–Crippen MR) is 110 cm³/mol. The molecule has 2 aromatic rings. The third-order valence-corrected chi connectivity index (χ3v) is 8.95. The lowest BCUT2D eigenvalue weighted by molar-refractivity contribution is 0.153. The molecule has 2 fully saturated rings. The summed E-state index contributed by atoms with van der Waals surface area (Å²) >= 11 is 6.97. The number of benzene rings is 1. The van der Waals surface area contributed by atoms with E-state index in [1.165, 1.54) is 4.31 Å². The van der Waals surface area contributed by atoms with Gasteiger partial charge in [0.15, 0.2) is 0 Å². The van der Waals surface area contributed by atoms with Gasteiger partial charge in [-0.1, -0.05) is 41.9 Å². The minimum absolute atomic E-state index is 0.0511. The SMILES string of the molecule is O=C1N(Cc2ccccc2)CCN1C1CCN(S(=O)(=O)c2ccc(Cl)s2)CC1. The maximum Gasteiger partial charge on any atom is 0.320 e. The fourth-order valence-electron chi connectivity index (χ4n) is 3.85. The zero-order chi connectivity index (χ0) is 19.7. The number of sulfonamides is 1. The zero-order valence-corrected chi connectivity index (χ0v) is 17.7. The quantitative estimate of drug-likeness (QED) is 0.716. The van der Waals surface area contributed by atoms with Crippen LogP contribution in [-0.2, 0) is 16.6 Å². The number of urea groups is 1. The molecular formula is C19H22ClN3O3S2. The van der Waals surface area contributed by atoms with Gasteiger partial charge in [0.2, 0.25) is 0 Å². The van der Waals surface area contributed by atoms with Gasteiger partial charge in [-0.25, -0.2) is 13.2 Å². The highest BCUT2D eigenvalue weighted by atomic mass is 35.5. The Morgan fingerprint density at radius 1 is 1.00 bits per heavy atom. The second-order valence-corrected chi connectivity index (χ2v) is 11.0. The summed E-state index contributed by atoms with van der Waals surface area (Å²) in [5.74, 6) is 0. The number of hydrogen-bond donors (Lipinski definition) is 0. The van der Waals surface area contributed by atoms with E-state index in [-0.39, 0.29) is 16.3 Å². The number of piperidine rings is 1. The van der Waals surface area contributed by atoms with Crippen LogP contribution in [0.25, 0.3) is 0 Å². The fourth-order valence-corrected chi connectivity index (χ4v) is 6.96. The number of rotatable bonds is 5. The molecule has 1 aromatic heterocycles. The standard InChI is InChI=1S/C19H22ClN3O3S2/c20-17-6-7-18(27-17)28(25,26)22-10-8-16(9-11-22)23-13-12-21(19(23)24)14-15-4-2-1-3-5-15/h1-7,16H,8-14H2. The first-order valence-corrected chi connectivity index (χ1v) is 11.9. The van der Waals surface area contributed by atoms with Crippen LogP contribution in [-0.4, -0.2) is 60.8 Å². The third kappa shape index (κ3) is 3.91. The number of carbonyl (C=O) groups is 1. The summed E-state index contributed by atoms with van der Waals surface area (Å²) in [5, 5.41) is 0. The van der Waals surface area contributed by atoms with Crippen molar-refractivity contribution in [3.8, 4) is 0 Å². The highest BCUT2D eigenvalue weighted by Gasteiger charge is 2.37. The maximum absolute atomic E-state index is 12.8. The molecule has 28 heavy (non-hydrogen) atoms. The maximum atomic E-state index is 12.8. The first-order valence-electron chi connectivity index (χ1n) is 9.30. The summed E-state index contributed by atoms with van der Waals surface area (Å²) in [6, 6.07) is 13.3. The van der Waals surface area contributed by atoms with Crippen LogP contribution in [0.5, 0.6) is 0 Å². The number of carbonyl (C=O) groups excluding carboxylic acids is 1. The van der Waals surface area contributed by atoms with Crippen molar-refractivity contribution < 1.29 is 13.2 Å². The van der Waals surface area contributed by atoms with E-state index in [4.69, 9.17) is 11.6 Å². The van der Waals surface area contributed by atoms with Crippen LogP contribution in [0.4, 0.5) is 4.79 Å². The van der Waals surface area contributed by atoms with Gasteiger partial charge in [-0.05, 0) is 30.5 Å². The van der Waals surface area contributed by atoms with Crippen LogP contribution in [0.3, 0.4) is 0 Å². The van der Waals surface area contributed by atoms with E-state index >= 15 is 0 Å². The number of thiophene rings is 1.